The number of hydrogen-bond acceptors (Lipinski definition) is 4. The molecule has 2 amide bonds. The highest BCUT2D eigenvalue weighted by molar-refractivity contribution is 6.30. The van der Waals surface area contributed by atoms with Crippen molar-refractivity contribution in [1.29, 1.82) is 0 Å². The van der Waals surface area contributed by atoms with Crippen molar-refractivity contribution in [2.24, 2.45) is 0 Å². The van der Waals surface area contributed by atoms with Crippen LogP contribution < -0.4 is 5.32 Å². The molecule has 0 radical (unpaired) electrons. The predicted molar refractivity (Wildman–Crippen MR) is 114 cm³/mol. The molecule has 4 rings (SSSR count). The van der Waals surface area contributed by atoms with E-state index in [0.717, 1.165) is 11.3 Å². The molecule has 1 N–H and O–H groups in total. The molecule has 7 nitrogen and oxygen atoms in total. The zero-order valence-electron chi connectivity index (χ0n) is 16.7. The van der Waals surface area contributed by atoms with Gasteiger partial charge >= 0.3 is 0 Å². The van der Waals surface area contributed by atoms with Crippen LogP contribution in [0.1, 0.15) is 28.9 Å². The topological polar surface area (TPSA) is 80.1 Å². The molecule has 0 atom stereocenters. The van der Waals surface area contributed by atoms with E-state index in [2.05, 4.69) is 15.6 Å². The summed E-state index contributed by atoms with van der Waals surface area (Å²) < 4.78 is 14.5. The van der Waals surface area contributed by atoms with Gasteiger partial charge in [-0.05, 0) is 54.8 Å². The Hall–Kier alpha value is -3.26. The molecule has 31 heavy (non-hydrogen) atoms. The number of aromatic nitrogens is 3. The van der Waals surface area contributed by atoms with Crippen LogP contribution in [0, 0.1) is 5.82 Å². The molecule has 2 aromatic carbocycles. The first-order valence-electron chi connectivity index (χ1n) is 9.99. The molecule has 0 saturated carbocycles. The van der Waals surface area contributed by atoms with E-state index in [1.165, 1.54) is 16.8 Å². The van der Waals surface area contributed by atoms with Crippen molar-refractivity contribution in [2.45, 2.75) is 25.3 Å². The van der Waals surface area contributed by atoms with Crippen molar-refractivity contribution in [3.63, 3.8) is 0 Å². The molecule has 1 aliphatic heterocycles. The Balaban J connectivity index is 1.28. The Labute approximate surface area is 183 Å². The van der Waals surface area contributed by atoms with Gasteiger partial charge in [0.1, 0.15) is 5.82 Å². The van der Waals surface area contributed by atoms with Crippen molar-refractivity contribution >= 4 is 23.4 Å². The molecular weight excluding hydrogens is 421 g/mol. The van der Waals surface area contributed by atoms with E-state index in [1.54, 1.807) is 47.5 Å². The highest BCUT2D eigenvalue weighted by Crippen LogP contribution is 2.16. The first kappa shape index (κ1) is 21.0. The van der Waals surface area contributed by atoms with Crippen LogP contribution in [-0.4, -0.2) is 50.8 Å². The molecule has 2 heterocycles. The third-order valence-electron chi connectivity index (χ3n) is 5.23. The summed E-state index contributed by atoms with van der Waals surface area (Å²) in [4.78, 5) is 26.7. The summed E-state index contributed by atoms with van der Waals surface area (Å²) in [5.41, 5.74) is 1.79. The number of benzene rings is 2. The minimum absolute atomic E-state index is 0.00162. The van der Waals surface area contributed by atoms with Gasteiger partial charge in [0.2, 0.25) is 5.91 Å². The number of carbonyl (C=O) groups is 2. The molecule has 1 saturated heterocycles. The number of carbonyl (C=O) groups excluding carboxylic acids is 2. The Morgan fingerprint density at radius 1 is 1.06 bits per heavy atom. The number of rotatable bonds is 5. The second-order valence-corrected chi connectivity index (χ2v) is 7.90. The number of nitrogens with one attached hydrogen (secondary N) is 1. The smallest absolute Gasteiger partial charge is 0.276 e. The molecule has 0 unspecified atom stereocenters. The number of piperidine rings is 1. The van der Waals surface area contributed by atoms with Gasteiger partial charge in [-0.3, -0.25) is 9.59 Å². The van der Waals surface area contributed by atoms with Gasteiger partial charge in [-0.25, -0.2) is 9.07 Å². The van der Waals surface area contributed by atoms with Gasteiger partial charge in [-0.1, -0.05) is 28.9 Å². The largest absolute Gasteiger partial charge is 0.353 e. The highest BCUT2D eigenvalue weighted by atomic mass is 35.5. The number of likely N-dealkylation sites (tertiary alicyclic amines) is 1. The maximum atomic E-state index is 13.0. The zero-order valence-corrected chi connectivity index (χ0v) is 17.4. The summed E-state index contributed by atoms with van der Waals surface area (Å²) >= 11 is 5.90. The van der Waals surface area contributed by atoms with Crippen LogP contribution in [0.5, 0.6) is 0 Å². The average Bonchev–Trinajstić information content (AvgIpc) is 3.26. The standard InChI is InChI=1S/C22H21ClFN5O2/c23-16-3-7-19(8-4-16)29-14-20(26-27-29)22(31)28-11-9-18(10-12-28)25-21(30)13-15-1-5-17(24)6-2-15/h1-8,14,18H,9-13H2,(H,25,30). The van der Waals surface area contributed by atoms with Gasteiger partial charge in [0, 0.05) is 24.2 Å². The van der Waals surface area contributed by atoms with E-state index in [0.29, 0.717) is 31.0 Å². The second-order valence-electron chi connectivity index (χ2n) is 7.46. The molecule has 0 aliphatic carbocycles. The van der Waals surface area contributed by atoms with Gasteiger partial charge in [0.25, 0.3) is 5.91 Å². The lowest BCUT2D eigenvalue weighted by Crippen LogP contribution is -2.47. The van der Waals surface area contributed by atoms with Crippen LogP contribution in [0.15, 0.2) is 54.7 Å². The normalized spacial score (nSPS) is 14.5. The van der Waals surface area contributed by atoms with E-state index in [-0.39, 0.29) is 35.8 Å². The number of amides is 2. The van der Waals surface area contributed by atoms with Crippen LogP contribution >= 0.6 is 11.6 Å². The maximum absolute atomic E-state index is 13.0. The fourth-order valence-corrected chi connectivity index (χ4v) is 3.66. The van der Waals surface area contributed by atoms with Crippen LogP contribution in [0.25, 0.3) is 5.69 Å². The van der Waals surface area contributed by atoms with Crippen LogP contribution in [0.4, 0.5) is 4.39 Å². The Kier molecular flexibility index (Phi) is 6.27. The van der Waals surface area contributed by atoms with Gasteiger partial charge in [0.15, 0.2) is 5.69 Å². The fraction of sp³-hybridized carbons (Fsp3) is 0.273. The van der Waals surface area contributed by atoms with E-state index in [9.17, 15) is 14.0 Å². The number of hydrogen-bond donors (Lipinski definition) is 1. The SMILES string of the molecule is O=C(Cc1ccc(F)cc1)NC1CCN(C(=O)c2cn(-c3ccc(Cl)cc3)nn2)CC1. The second kappa shape index (κ2) is 9.26. The minimum atomic E-state index is -0.325. The lowest BCUT2D eigenvalue weighted by molar-refractivity contribution is -0.121. The quantitative estimate of drug-likeness (QED) is 0.660. The summed E-state index contributed by atoms with van der Waals surface area (Å²) in [5, 5.41) is 11.6. The van der Waals surface area contributed by atoms with Gasteiger partial charge in [0.05, 0.1) is 18.3 Å². The Bertz CT molecular complexity index is 1060. The summed E-state index contributed by atoms with van der Waals surface area (Å²) in [5.74, 6) is -0.618. The van der Waals surface area contributed by atoms with Gasteiger partial charge in [-0.15, -0.1) is 5.10 Å². The molecule has 0 spiro atoms. The molecule has 1 aliphatic rings. The molecule has 160 valence electrons. The summed E-state index contributed by atoms with van der Waals surface area (Å²) in [7, 11) is 0. The number of nitrogens with zero attached hydrogens (tertiary/aromatic N) is 4. The molecule has 1 aromatic heterocycles. The summed E-state index contributed by atoms with van der Waals surface area (Å²) in [6, 6.07) is 13.0. The lowest BCUT2D eigenvalue weighted by atomic mass is 10.0. The molecular formula is C22H21ClFN5O2. The molecule has 9 heteroatoms. The van der Waals surface area contributed by atoms with Crippen molar-refractivity contribution in [1.82, 2.24) is 25.2 Å². The molecule has 0 bridgehead atoms. The van der Waals surface area contributed by atoms with E-state index in [4.69, 9.17) is 11.6 Å². The van der Waals surface area contributed by atoms with E-state index < -0.39 is 0 Å². The van der Waals surface area contributed by atoms with Crippen LogP contribution in [-0.2, 0) is 11.2 Å². The van der Waals surface area contributed by atoms with Gasteiger partial charge < -0.3 is 10.2 Å². The third kappa shape index (κ3) is 5.27. The monoisotopic (exact) mass is 441 g/mol. The van der Waals surface area contributed by atoms with Crippen LogP contribution in [0.3, 0.4) is 0 Å². The highest BCUT2D eigenvalue weighted by Gasteiger charge is 2.26. The summed E-state index contributed by atoms with van der Waals surface area (Å²) in [6.45, 7) is 1.04. The van der Waals surface area contributed by atoms with E-state index >= 15 is 0 Å². The zero-order chi connectivity index (χ0) is 21.8. The Morgan fingerprint density at radius 3 is 2.42 bits per heavy atom. The average molecular weight is 442 g/mol. The van der Waals surface area contributed by atoms with Crippen LogP contribution in [0.2, 0.25) is 5.02 Å². The molecule has 1 fully saturated rings. The Morgan fingerprint density at radius 2 is 1.74 bits per heavy atom. The van der Waals surface area contributed by atoms with E-state index in [1.807, 2.05) is 0 Å². The first-order valence-corrected chi connectivity index (χ1v) is 10.4. The van der Waals surface area contributed by atoms with Crippen molar-refractivity contribution < 1.29 is 14.0 Å². The summed E-state index contributed by atoms with van der Waals surface area (Å²) in [6.07, 6.45) is 3.12. The third-order valence-corrected chi connectivity index (χ3v) is 5.48. The minimum Gasteiger partial charge on any atom is -0.353 e. The lowest BCUT2D eigenvalue weighted by Gasteiger charge is -2.32. The van der Waals surface area contributed by atoms with Crippen molar-refractivity contribution in [3.8, 4) is 5.69 Å². The number of halogens is 2. The van der Waals surface area contributed by atoms with Crippen molar-refractivity contribution in [3.05, 3.63) is 76.8 Å². The predicted octanol–water partition coefficient (Wildman–Crippen LogP) is 3.02. The van der Waals surface area contributed by atoms with Crippen molar-refractivity contribution in [2.75, 3.05) is 13.1 Å². The fourth-order valence-electron chi connectivity index (χ4n) is 3.54. The van der Waals surface area contributed by atoms with Gasteiger partial charge in [-0.2, -0.15) is 0 Å². The first-order chi connectivity index (χ1) is 15.0. The molecule has 3 aromatic rings. The maximum Gasteiger partial charge on any atom is 0.276 e.